The van der Waals surface area contributed by atoms with Crippen molar-refractivity contribution in [3.63, 3.8) is 0 Å². The minimum Gasteiger partial charge on any atom is -0.444 e. The number of amides is 2. The highest BCUT2D eigenvalue weighted by atomic mass is 16.6. The van der Waals surface area contributed by atoms with Crippen LogP contribution in [0.25, 0.3) is 22.5 Å². The van der Waals surface area contributed by atoms with Crippen molar-refractivity contribution >= 4 is 12.0 Å². The van der Waals surface area contributed by atoms with Crippen molar-refractivity contribution in [2.45, 2.75) is 71.1 Å². The molecule has 2 N–H and O–H groups in total. The Bertz CT molecular complexity index is 1240. The molecule has 2 atom stereocenters. The van der Waals surface area contributed by atoms with Crippen LogP contribution < -0.4 is 0 Å². The van der Waals surface area contributed by atoms with Gasteiger partial charge in [-0.15, -0.1) is 0 Å². The molecule has 36 heavy (non-hydrogen) atoms. The molecule has 2 saturated heterocycles. The van der Waals surface area contributed by atoms with Crippen LogP contribution in [0.2, 0.25) is 0 Å². The van der Waals surface area contributed by atoms with Crippen molar-refractivity contribution in [2.24, 2.45) is 0 Å². The molecule has 1 aromatic carbocycles. The fraction of sp³-hybridized carbons (Fsp3) is 0.481. The first kappa shape index (κ1) is 24.1. The number of aromatic nitrogens is 4. The number of likely N-dealkylation sites (tertiary alicyclic amines) is 2. The summed E-state index contributed by atoms with van der Waals surface area (Å²) in [6, 6.07) is 8.10. The Hall–Kier alpha value is -3.62. The van der Waals surface area contributed by atoms with Gasteiger partial charge in [-0.3, -0.25) is 9.69 Å². The van der Waals surface area contributed by atoms with E-state index in [1.165, 1.54) is 0 Å². The lowest BCUT2D eigenvalue weighted by atomic mass is 10.1. The number of hydrogen-bond acceptors (Lipinski definition) is 5. The van der Waals surface area contributed by atoms with Gasteiger partial charge in [0.05, 0.1) is 35.9 Å². The highest BCUT2D eigenvalue weighted by Crippen LogP contribution is 2.34. The minimum atomic E-state index is -0.528. The molecule has 2 amide bonds. The first-order valence-electron chi connectivity index (χ1n) is 12.7. The van der Waals surface area contributed by atoms with E-state index in [2.05, 4.69) is 19.9 Å². The van der Waals surface area contributed by atoms with Gasteiger partial charge in [0.15, 0.2) is 0 Å². The second kappa shape index (κ2) is 9.44. The number of ether oxygens (including phenoxy) is 1. The monoisotopic (exact) mass is 490 g/mol. The SMILES string of the molecule is CC(=O)N1CCCC1c1ncc(-c2ccc(-c3cnc(C4CCCN4C(=O)OC(C)(C)C)[nH]3)cc2)[nH]1. The summed E-state index contributed by atoms with van der Waals surface area (Å²) in [7, 11) is 0. The predicted molar refractivity (Wildman–Crippen MR) is 136 cm³/mol. The number of carbonyl (C=O) groups excluding carboxylic acids is 2. The number of imidazole rings is 2. The quantitative estimate of drug-likeness (QED) is 0.521. The maximum Gasteiger partial charge on any atom is 0.410 e. The number of H-pyrrole nitrogens is 2. The van der Waals surface area contributed by atoms with Crippen molar-refractivity contribution < 1.29 is 14.3 Å². The summed E-state index contributed by atoms with van der Waals surface area (Å²) in [6.45, 7) is 8.71. The van der Waals surface area contributed by atoms with Crippen LogP contribution >= 0.6 is 0 Å². The average Bonchev–Trinajstić information content (AvgIpc) is 3.63. The fourth-order valence-electron chi connectivity index (χ4n) is 5.15. The van der Waals surface area contributed by atoms with Crippen LogP contribution in [0.4, 0.5) is 4.79 Å². The zero-order valence-electron chi connectivity index (χ0n) is 21.4. The van der Waals surface area contributed by atoms with Crippen molar-refractivity contribution in [1.82, 2.24) is 29.7 Å². The van der Waals surface area contributed by atoms with Crippen molar-refractivity contribution in [3.8, 4) is 22.5 Å². The second-order valence-corrected chi connectivity index (χ2v) is 10.6. The topological polar surface area (TPSA) is 107 Å². The summed E-state index contributed by atoms with van der Waals surface area (Å²) in [5.74, 6) is 1.71. The molecule has 2 unspecified atom stereocenters. The summed E-state index contributed by atoms with van der Waals surface area (Å²) in [5, 5.41) is 0. The average molecular weight is 491 g/mol. The highest BCUT2D eigenvalue weighted by Gasteiger charge is 2.35. The molecule has 0 saturated carbocycles. The van der Waals surface area contributed by atoms with E-state index >= 15 is 0 Å². The van der Waals surface area contributed by atoms with Gasteiger partial charge < -0.3 is 19.6 Å². The summed E-state index contributed by atoms with van der Waals surface area (Å²) in [6.07, 6.45) is 7.07. The van der Waals surface area contributed by atoms with Gasteiger partial charge in [0.1, 0.15) is 17.2 Å². The molecule has 3 aromatic rings. The van der Waals surface area contributed by atoms with Crippen LogP contribution in [-0.2, 0) is 9.53 Å². The second-order valence-electron chi connectivity index (χ2n) is 10.6. The number of carbonyl (C=O) groups is 2. The van der Waals surface area contributed by atoms with Crippen LogP contribution in [0.3, 0.4) is 0 Å². The van der Waals surface area contributed by atoms with E-state index in [4.69, 9.17) is 4.74 Å². The molecule has 2 aromatic heterocycles. The lowest BCUT2D eigenvalue weighted by Crippen LogP contribution is -2.36. The van der Waals surface area contributed by atoms with E-state index in [-0.39, 0.29) is 24.1 Å². The molecule has 0 bridgehead atoms. The van der Waals surface area contributed by atoms with Crippen LogP contribution in [0.15, 0.2) is 36.7 Å². The van der Waals surface area contributed by atoms with Crippen LogP contribution in [-0.4, -0.2) is 60.4 Å². The lowest BCUT2D eigenvalue weighted by Gasteiger charge is -2.27. The van der Waals surface area contributed by atoms with Gasteiger partial charge >= 0.3 is 6.09 Å². The van der Waals surface area contributed by atoms with E-state index in [0.29, 0.717) is 6.54 Å². The number of rotatable bonds is 4. The van der Waals surface area contributed by atoms with Crippen LogP contribution in [0.1, 0.15) is 77.1 Å². The molecular formula is C27H34N6O3. The molecule has 0 aliphatic carbocycles. The molecule has 9 heteroatoms. The molecule has 0 radical (unpaired) electrons. The van der Waals surface area contributed by atoms with Gasteiger partial charge in [-0.25, -0.2) is 14.8 Å². The number of hydrogen-bond donors (Lipinski definition) is 2. The Morgan fingerprint density at radius 2 is 1.33 bits per heavy atom. The number of aromatic amines is 2. The van der Waals surface area contributed by atoms with Crippen LogP contribution in [0, 0.1) is 0 Å². The number of nitrogens with zero attached hydrogens (tertiary/aromatic N) is 4. The van der Waals surface area contributed by atoms with Gasteiger partial charge in [0.2, 0.25) is 5.91 Å². The van der Waals surface area contributed by atoms with E-state index in [0.717, 1.165) is 66.4 Å². The maximum atomic E-state index is 12.7. The van der Waals surface area contributed by atoms with Crippen molar-refractivity contribution in [1.29, 1.82) is 0 Å². The molecule has 2 fully saturated rings. The smallest absolute Gasteiger partial charge is 0.410 e. The zero-order chi connectivity index (χ0) is 25.4. The molecular weight excluding hydrogens is 456 g/mol. The summed E-state index contributed by atoms with van der Waals surface area (Å²) >= 11 is 0. The Morgan fingerprint density at radius 3 is 1.81 bits per heavy atom. The number of benzene rings is 1. The normalized spacial score (nSPS) is 20.2. The highest BCUT2D eigenvalue weighted by molar-refractivity contribution is 5.74. The van der Waals surface area contributed by atoms with Crippen molar-refractivity contribution in [3.05, 3.63) is 48.3 Å². The van der Waals surface area contributed by atoms with Gasteiger partial charge in [0, 0.05) is 20.0 Å². The van der Waals surface area contributed by atoms with Gasteiger partial charge in [-0.05, 0) is 57.6 Å². The summed E-state index contributed by atoms with van der Waals surface area (Å²) < 4.78 is 5.59. The zero-order valence-corrected chi connectivity index (χ0v) is 21.4. The standard InChI is InChI=1S/C27H34N6O3/c1-17(34)32-13-5-7-22(32)24-28-15-20(30-24)18-9-11-19(12-10-18)21-16-29-25(31-21)23-8-6-14-33(23)26(35)36-27(2,3)4/h9-12,15-16,22-23H,5-8,13-14H2,1-4H3,(H,28,30)(H,29,31). The summed E-state index contributed by atoms with van der Waals surface area (Å²) in [5.41, 5.74) is 3.34. The predicted octanol–water partition coefficient (Wildman–Crippen LogP) is 5.22. The lowest BCUT2D eigenvalue weighted by molar-refractivity contribution is -0.129. The van der Waals surface area contributed by atoms with E-state index in [9.17, 15) is 9.59 Å². The van der Waals surface area contributed by atoms with Crippen molar-refractivity contribution in [2.75, 3.05) is 13.1 Å². The first-order chi connectivity index (χ1) is 17.2. The number of nitrogens with one attached hydrogen (secondary N) is 2. The van der Waals surface area contributed by atoms with E-state index < -0.39 is 5.60 Å². The third-order valence-electron chi connectivity index (χ3n) is 6.87. The Labute approximate surface area is 211 Å². The largest absolute Gasteiger partial charge is 0.444 e. The third-order valence-corrected chi connectivity index (χ3v) is 6.87. The molecule has 9 nitrogen and oxygen atoms in total. The van der Waals surface area contributed by atoms with Gasteiger partial charge in [-0.1, -0.05) is 24.3 Å². The van der Waals surface area contributed by atoms with Gasteiger partial charge in [0.25, 0.3) is 0 Å². The third kappa shape index (κ3) is 4.87. The molecule has 4 heterocycles. The molecule has 2 aliphatic heterocycles. The molecule has 2 aliphatic rings. The Balaban J connectivity index is 1.29. The Morgan fingerprint density at radius 1 is 0.861 bits per heavy atom. The minimum absolute atomic E-state index is 0.0229. The maximum absolute atomic E-state index is 12.7. The first-order valence-corrected chi connectivity index (χ1v) is 12.7. The molecule has 190 valence electrons. The Kier molecular flexibility index (Phi) is 6.32. The van der Waals surface area contributed by atoms with Crippen LogP contribution in [0.5, 0.6) is 0 Å². The fourth-order valence-corrected chi connectivity index (χ4v) is 5.15. The van der Waals surface area contributed by atoms with E-state index in [1.807, 2.05) is 62.3 Å². The summed E-state index contributed by atoms with van der Waals surface area (Å²) in [4.78, 5) is 44.2. The van der Waals surface area contributed by atoms with E-state index in [1.54, 1.807) is 11.8 Å². The van der Waals surface area contributed by atoms with Gasteiger partial charge in [-0.2, -0.15) is 0 Å². The molecule has 5 rings (SSSR count). The molecule has 0 spiro atoms.